The number of rotatable bonds is 4. The van der Waals surface area contributed by atoms with Gasteiger partial charge >= 0.3 is 21.1 Å². The third kappa shape index (κ3) is 22.6. The first kappa shape index (κ1) is 74.3. The normalized spacial score (nSPS) is 13.4. The summed E-state index contributed by atoms with van der Waals surface area (Å²) in [6.45, 7) is 11.1. The number of nitrogens with one attached hydrogen (secondary N) is 1. The number of benzene rings is 1. The van der Waals surface area contributed by atoms with Gasteiger partial charge in [0.2, 0.25) is 0 Å². The van der Waals surface area contributed by atoms with Crippen molar-refractivity contribution in [1.82, 2.24) is 4.90 Å². The van der Waals surface area contributed by atoms with Gasteiger partial charge in [-0.25, -0.2) is 0 Å². The predicted octanol–water partition coefficient (Wildman–Crippen LogP) is 3.14. The van der Waals surface area contributed by atoms with Crippen LogP contribution in [0.5, 0.6) is 0 Å². The van der Waals surface area contributed by atoms with Crippen molar-refractivity contribution in [3.05, 3.63) is 67.1 Å². The van der Waals surface area contributed by atoms with E-state index in [-0.39, 0.29) is 257 Å². The third-order valence-corrected chi connectivity index (χ3v) is 4.55. The Morgan fingerprint density at radius 2 is 1.41 bits per heavy atom. The number of nitrogens with zero attached hydrogens (tertiary/aromatic N) is 1. The molecule has 2 amide bonds. The zero-order valence-corrected chi connectivity index (χ0v) is 53.2. The van der Waals surface area contributed by atoms with Crippen LogP contribution in [0.2, 0.25) is 0 Å². The molecule has 214 valence electrons. The maximum atomic E-state index is 12.7. The van der Waals surface area contributed by atoms with Gasteiger partial charge in [0.15, 0.2) is 5.78 Å². The summed E-state index contributed by atoms with van der Waals surface area (Å²) >= 11 is 0. The Kier molecular flexibility index (Phi) is 73.6. The molecule has 1 atom stereocenters. The summed E-state index contributed by atoms with van der Waals surface area (Å²) in [5.74, 6) is 0.151. The number of carbonyl (C=O) groups excluding carboxylic acids is 4. The second kappa shape index (κ2) is 38.6. The Bertz CT molecular complexity index is 844. The molecule has 0 saturated heterocycles. The van der Waals surface area contributed by atoms with Crippen LogP contribution in [-0.4, -0.2) is 35.3 Å². The van der Waals surface area contributed by atoms with E-state index < -0.39 is 17.9 Å². The van der Waals surface area contributed by atoms with Crippen molar-refractivity contribution in [3.63, 3.8) is 0 Å². The number of hydrogen-bond acceptors (Lipinski definition) is 5. The summed E-state index contributed by atoms with van der Waals surface area (Å²) in [4.78, 5) is 46.0. The topological polar surface area (TPSA) is 83.6 Å². The SMILES string of the molecule is C=C1CCC(N2C(=O)C=C(Nc3cccc([C-](C)C)c3)C2=O)C(=O)C1.[CH-]=O.[CH3-].[W+2].[W].[W].[W].[W].[W].[W].[W].[W].[W].[W]. The predicted molar refractivity (Wildman–Crippen MR) is 109 cm³/mol. The van der Waals surface area contributed by atoms with Crippen molar-refractivity contribution >= 4 is 30.1 Å². The molecule has 1 N–H and O–H groups in total. The molecule has 3 rings (SSSR count). The van der Waals surface area contributed by atoms with E-state index in [2.05, 4.69) is 18.7 Å². The van der Waals surface area contributed by atoms with Crippen LogP contribution in [0, 0.1) is 13.3 Å². The first-order valence-corrected chi connectivity index (χ1v) is 8.56. The van der Waals surface area contributed by atoms with Gasteiger partial charge in [-0.15, -0.1) is 12.1 Å². The Balaban J connectivity index is -0.0000000608. The number of ketones is 1. The molecule has 1 aliphatic heterocycles. The number of carbonyl (C=O) groups is 3. The van der Waals surface area contributed by atoms with Gasteiger partial charge in [-0.1, -0.05) is 32.1 Å². The second-order valence-electron chi connectivity index (χ2n) is 6.72. The van der Waals surface area contributed by atoms with E-state index in [4.69, 9.17) is 4.79 Å². The monoisotopic (exact) mass is 2400 g/mol. The van der Waals surface area contributed by atoms with E-state index in [0.29, 0.717) is 12.8 Å². The molecule has 2 aliphatic rings. The van der Waals surface area contributed by atoms with Gasteiger partial charge in [-0.3, -0.25) is 26.1 Å². The zero-order chi connectivity index (χ0) is 20.1. The molecule has 17 heteroatoms. The summed E-state index contributed by atoms with van der Waals surface area (Å²) in [7, 11) is 0. The van der Waals surface area contributed by atoms with Crippen molar-refractivity contribution in [1.29, 1.82) is 0 Å². The van der Waals surface area contributed by atoms with Gasteiger partial charge < -0.3 is 17.5 Å². The Labute approximate surface area is 390 Å². The summed E-state index contributed by atoms with van der Waals surface area (Å²) in [6, 6.07) is 6.95. The average Bonchev–Trinajstić information content (AvgIpc) is 2.91. The molecule has 1 aromatic rings. The van der Waals surface area contributed by atoms with Crippen molar-refractivity contribution < 1.29 is 251 Å². The van der Waals surface area contributed by atoms with Gasteiger partial charge in [0, 0.05) is 223 Å². The molecule has 1 aliphatic carbocycles. The van der Waals surface area contributed by atoms with E-state index in [1.807, 2.05) is 38.1 Å². The van der Waals surface area contributed by atoms with E-state index in [1.54, 1.807) is 0 Å². The van der Waals surface area contributed by atoms with E-state index in [1.165, 1.54) is 6.08 Å². The van der Waals surface area contributed by atoms with Crippen molar-refractivity contribution in [3.8, 4) is 0 Å². The van der Waals surface area contributed by atoms with Crippen LogP contribution >= 0.6 is 0 Å². The minimum Gasteiger partial charge on any atom is -0.545 e. The van der Waals surface area contributed by atoms with Crippen LogP contribution in [0.1, 0.15) is 38.7 Å². The average molecular weight is 2400 g/mol. The number of allylic oxidation sites excluding steroid dienone is 1. The summed E-state index contributed by atoms with van der Waals surface area (Å²) in [5.41, 5.74) is 2.85. The number of Topliss-reactive ketones (excluding diaryl/α,β-unsaturated/α-hetero) is 1. The van der Waals surface area contributed by atoms with Gasteiger partial charge in [0.25, 0.3) is 11.8 Å². The van der Waals surface area contributed by atoms with Crippen LogP contribution in [0.15, 0.2) is 48.2 Å². The first-order valence-electron chi connectivity index (χ1n) is 8.56. The Hall–Kier alpha value is 4.42. The smallest absolute Gasteiger partial charge is 0.545 e. The summed E-state index contributed by atoms with van der Waals surface area (Å²) < 4.78 is 0. The van der Waals surface area contributed by atoms with Crippen LogP contribution < -0.4 is 5.32 Å². The molecule has 6 nitrogen and oxygen atoms in total. The van der Waals surface area contributed by atoms with Crippen molar-refractivity contribution in [2.75, 3.05) is 5.32 Å². The molecular formula is C22H25N2O4W11-. The minimum atomic E-state index is -0.682. The molecule has 39 heavy (non-hydrogen) atoms. The molecule has 0 spiro atoms. The Morgan fingerprint density at radius 1 is 0.923 bits per heavy atom. The zero-order valence-electron chi connectivity index (χ0n) is 20.9. The van der Waals surface area contributed by atoms with Crippen LogP contribution in [0.4, 0.5) is 5.69 Å². The first-order chi connectivity index (χ1) is 12.9. The minimum absolute atomic E-state index is 0. The molecule has 1 aromatic carbocycles. The van der Waals surface area contributed by atoms with Crippen molar-refractivity contribution in [2.45, 2.75) is 39.2 Å². The maximum absolute atomic E-state index is 12.7. The molecule has 0 bridgehead atoms. The summed E-state index contributed by atoms with van der Waals surface area (Å²) in [6.07, 6.45) is 2.62. The molecule has 1 heterocycles. The van der Waals surface area contributed by atoms with Crippen LogP contribution in [0.3, 0.4) is 0 Å². The third-order valence-electron chi connectivity index (χ3n) is 4.55. The standard InChI is InChI=1S/C20H21N2O3.CHO.CH3.11W/c1-12(2)14-5-4-6-15(10-14)21-16-11-19(24)22(20(16)25)17-8-7-13(3)9-18(17)23;1-2;;;;;;;;;;;;/h4-6,10-11,17,21H,3,7-9H2,1-2H3;1H;1H3;;;;;;;;;;;/q3*-1;;;;;;;;;;;+2. The molecular weight excluding hydrogens is 2380 g/mol. The molecule has 1 fully saturated rings. The van der Waals surface area contributed by atoms with E-state index >= 15 is 0 Å². The number of amides is 2. The molecule has 1 unspecified atom stereocenters. The maximum Gasteiger partial charge on any atom is 2.00 e. The van der Waals surface area contributed by atoms with Gasteiger partial charge in [0.05, 0.1) is 6.04 Å². The van der Waals surface area contributed by atoms with Gasteiger partial charge in [-0.2, -0.15) is 17.5 Å². The molecule has 0 radical (unpaired) electrons. The largest absolute Gasteiger partial charge is 2.00 e. The number of hydrogen-bond donors (Lipinski definition) is 1. The van der Waals surface area contributed by atoms with Crippen LogP contribution in [-0.2, 0) is 251 Å². The van der Waals surface area contributed by atoms with E-state index in [0.717, 1.165) is 27.6 Å². The molecule has 0 aromatic heterocycles. The number of anilines is 1. The molecule has 1 saturated carbocycles. The fraction of sp³-hybridized carbons (Fsp3) is 0.273. The fourth-order valence-corrected chi connectivity index (χ4v) is 3.16. The van der Waals surface area contributed by atoms with Gasteiger partial charge in [-0.05, 0) is 18.5 Å². The second-order valence-corrected chi connectivity index (χ2v) is 6.72. The van der Waals surface area contributed by atoms with E-state index in [9.17, 15) is 14.4 Å². The van der Waals surface area contributed by atoms with Crippen LogP contribution in [0.25, 0.3) is 0 Å². The van der Waals surface area contributed by atoms with Gasteiger partial charge in [0.1, 0.15) is 5.70 Å². The summed E-state index contributed by atoms with van der Waals surface area (Å²) in [5, 5.41) is 3.02. The fourth-order valence-electron chi connectivity index (χ4n) is 3.16. The Morgan fingerprint density at radius 3 is 1.85 bits per heavy atom. The quantitative estimate of drug-likeness (QED) is 0.217. The van der Waals surface area contributed by atoms with Crippen molar-refractivity contribution in [2.24, 2.45) is 0 Å². The number of imide groups is 1.